The molecule has 0 saturated carbocycles. The van der Waals surface area contributed by atoms with Crippen LogP contribution in [0, 0.1) is 0 Å². The maximum absolute atomic E-state index is 11.4. The van der Waals surface area contributed by atoms with Crippen molar-refractivity contribution in [3.05, 3.63) is 41.0 Å². The van der Waals surface area contributed by atoms with Crippen molar-refractivity contribution in [3.8, 4) is 0 Å². The predicted octanol–water partition coefficient (Wildman–Crippen LogP) is 0.782. The van der Waals surface area contributed by atoms with Crippen LogP contribution in [0.1, 0.15) is 0 Å². The number of hydrogen-bond acceptors (Lipinski definition) is 3. The number of hydrogen-bond donors (Lipinski definition) is 0. The molecule has 78 valence electrons. The molecular weight excluding hydrogens is 224 g/mol. The number of pyridine rings is 1. The lowest BCUT2D eigenvalue weighted by molar-refractivity contribution is -0.113. The van der Waals surface area contributed by atoms with E-state index in [1.54, 1.807) is 6.20 Å². The standard InChI is InChI=1S/C12H7ClN2O/c13-12-9(16)6-8-4-3-7-2-1-5-14-10(7)11(8)15-12/h1-6,12H. The first-order valence-corrected chi connectivity index (χ1v) is 5.30. The van der Waals surface area contributed by atoms with Crippen molar-refractivity contribution in [2.45, 2.75) is 5.50 Å². The molecule has 1 aromatic carbocycles. The Morgan fingerprint density at radius 3 is 3.00 bits per heavy atom. The average Bonchev–Trinajstić information content (AvgIpc) is 2.31. The number of nitrogens with zero attached hydrogens (tertiary/aromatic N) is 2. The number of aromatic nitrogens is 1. The predicted molar refractivity (Wildman–Crippen MR) is 61.6 cm³/mol. The molecule has 0 saturated heterocycles. The molecule has 1 atom stereocenters. The molecule has 0 bridgehead atoms. The van der Waals surface area contributed by atoms with Gasteiger partial charge in [-0.15, -0.1) is 0 Å². The van der Waals surface area contributed by atoms with E-state index in [-0.39, 0.29) is 5.78 Å². The molecule has 4 heteroatoms. The number of ketones is 1. The van der Waals surface area contributed by atoms with Gasteiger partial charge < -0.3 is 0 Å². The highest BCUT2D eigenvalue weighted by Gasteiger charge is 2.15. The summed E-state index contributed by atoms with van der Waals surface area (Å²) in [5.41, 5.74) is -0.0329. The smallest absolute Gasteiger partial charge is 0.195 e. The number of rotatable bonds is 0. The third-order valence-electron chi connectivity index (χ3n) is 2.55. The number of carbonyl (C=O) groups excluding carboxylic acids is 1. The zero-order valence-corrected chi connectivity index (χ0v) is 8.98. The van der Waals surface area contributed by atoms with Crippen LogP contribution in [0.3, 0.4) is 0 Å². The molecule has 0 fully saturated rings. The minimum Gasteiger partial charge on any atom is -0.291 e. The Morgan fingerprint density at radius 2 is 2.12 bits per heavy atom. The van der Waals surface area contributed by atoms with Gasteiger partial charge in [0.05, 0.1) is 10.9 Å². The van der Waals surface area contributed by atoms with E-state index in [4.69, 9.17) is 11.6 Å². The van der Waals surface area contributed by atoms with Gasteiger partial charge in [0, 0.05) is 16.8 Å². The first-order valence-electron chi connectivity index (χ1n) is 4.87. The zero-order chi connectivity index (χ0) is 11.1. The van der Waals surface area contributed by atoms with Crippen LogP contribution in [-0.4, -0.2) is 16.3 Å². The first-order chi connectivity index (χ1) is 7.75. The van der Waals surface area contributed by atoms with Crippen molar-refractivity contribution in [2.24, 2.45) is 4.99 Å². The van der Waals surface area contributed by atoms with E-state index in [1.807, 2.05) is 24.3 Å². The molecule has 1 aliphatic rings. The fourth-order valence-electron chi connectivity index (χ4n) is 1.80. The lowest BCUT2D eigenvalue weighted by atomic mass is 10.1. The van der Waals surface area contributed by atoms with Gasteiger partial charge in [0.2, 0.25) is 0 Å². The van der Waals surface area contributed by atoms with E-state index in [1.165, 1.54) is 6.08 Å². The molecule has 3 nitrogen and oxygen atoms in total. The summed E-state index contributed by atoms with van der Waals surface area (Å²) in [6.07, 6.45) is 3.23. The summed E-state index contributed by atoms with van der Waals surface area (Å²) < 4.78 is 0. The Hall–Kier alpha value is -1.74. The molecule has 0 amide bonds. The van der Waals surface area contributed by atoms with Crippen molar-refractivity contribution in [2.75, 3.05) is 0 Å². The number of fused-ring (bicyclic) bond motifs is 3. The highest BCUT2D eigenvalue weighted by atomic mass is 35.5. The first kappa shape index (κ1) is 9.48. The van der Waals surface area contributed by atoms with Crippen LogP contribution in [0.2, 0.25) is 0 Å². The Balaban J connectivity index is 2.53. The fourth-order valence-corrected chi connectivity index (χ4v) is 1.96. The molecule has 1 unspecified atom stereocenters. The number of benzene rings is 1. The van der Waals surface area contributed by atoms with Gasteiger partial charge in [0.25, 0.3) is 0 Å². The number of halogens is 1. The molecule has 0 radical (unpaired) electrons. The van der Waals surface area contributed by atoms with E-state index < -0.39 is 5.50 Å². The van der Waals surface area contributed by atoms with Gasteiger partial charge in [-0.1, -0.05) is 29.8 Å². The third-order valence-corrected chi connectivity index (χ3v) is 2.87. The van der Waals surface area contributed by atoms with Crippen LogP contribution in [0.5, 0.6) is 0 Å². The third kappa shape index (κ3) is 1.32. The van der Waals surface area contributed by atoms with Crippen molar-refractivity contribution in [1.29, 1.82) is 0 Å². The summed E-state index contributed by atoms with van der Waals surface area (Å²) >= 11 is 5.82. The van der Waals surface area contributed by atoms with Gasteiger partial charge in [-0.25, -0.2) is 0 Å². The second-order valence-corrected chi connectivity index (χ2v) is 4.00. The number of Topliss-reactive ketones (excluding diaryl/α,β-unsaturated/α-hetero) is 1. The van der Waals surface area contributed by atoms with Gasteiger partial charge in [-0.2, -0.15) is 0 Å². The molecule has 1 aromatic heterocycles. The largest absolute Gasteiger partial charge is 0.291 e. The van der Waals surface area contributed by atoms with Crippen LogP contribution in [-0.2, 0) is 4.79 Å². The van der Waals surface area contributed by atoms with Crippen LogP contribution < -0.4 is 10.6 Å². The topological polar surface area (TPSA) is 42.3 Å². The summed E-state index contributed by atoms with van der Waals surface area (Å²) in [7, 11) is 0. The van der Waals surface area contributed by atoms with Gasteiger partial charge in [-0.3, -0.25) is 14.8 Å². The second kappa shape index (κ2) is 3.39. The Morgan fingerprint density at radius 1 is 1.25 bits per heavy atom. The molecule has 0 aliphatic carbocycles. The van der Waals surface area contributed by atoms with Crippen LogP contribution in [0.15, 0.2) is 35.5 Å². The number of alkyl halides is 1. The Labute approximate surface area is 96.1 Å². The van der Waals surface area contributed by atoms with Crippen LogP contribution in [0.4, 0.5) is 0 Å². The van der Waals surface area contributed by atoms with Crippen LogP contribution >= 0.6 is 11.6 Å². The summed E-state index contributed by atoms with van der Waals surface area (Å²) in [4.78, 5) is 19.8. The summed E-state index contributed by atoms with van der Waals surface area (Å²) in [5, 5.41) is 2.49. The van der Waals surface area contributed by atoms with Crippen LogP contribution in [0.25, 0.3) is 17.0 Å². The molecule has 2 heterocycles. The maximum atomic E-state index is 11.4. The quantitative estimate of drug-likeness (QED) is 0.496. The molecule has 3 rings (SSSR count). The molecular formula is C12H7ClN2O. The molecule has 16 heavy (non-hydrogen) atoms. The normalized spacial score (nSPS) is 18.8. The van der Waals surface area contributed by atoms with Gasteiger partial charge in [0.1, 0.15) is 0 Å². The second-order valence-electron chi connectivity index (χ2n) is 3.59. The van der Waals surface area contributed by atoms with E-state index in [0.717, 1.165) is 16.1 Å². The van der Waals surface area contributed by atoms with Crippen molar-refractivity contribution in [3.63, 3.8) is 0 Å². The fraction of sp³-hybridized carbons (Fsp3) is 0.0833. The van der Waals surface area contributed by atoms with E-state index in [2.05, 4.69) is 9.98 Å². The monoisotopic (exact) mass is 230 g/mol. The number of carbonyl (C=O) groups is 1. The Bertz CT molecular complexity index is 709. The van der Waals surface area contributed by atoms with Gasteiger partial charge >= 0.3 is 0 Å². The maximum Gasteiger partial charge on any atom is 0.195 e. The van der Waals surface area contributed by atoms with E-state index >= 15 is 0 Å². The average molecular weight is 231 g/mol. The molecule has 0 spiro atoms. The van der Waals surface area contributed by atoms with Crippen molar-refractivity contribution < 1.29 is 4.79 Å². The van der Waals surface area contributed by atoms with E-state index in [9.17, 15) is 4.79 Å². The molecule has 0 N–H and O–H groups in total. The highest BCUT2D eigenvalue weighted by molar-refractivity contribution is 6.36. The van der Waals surface area contributed by atoms with Gasteiger partial charge in [0.15, 0.2) is 11.3 Å². The van der Waals surface area contributed by atoms with Gasteiger partial charge in [-0.05, 0) is 12.1 Å². The molecule has 2 aromatic rings. The highest BCUT2D eigenvalue weighted by Crippen LogP contribution is 2.07. The Kier molecular flexibility index (Phi) is 2.01. The van der Waals surface area contributed by atoms with Crippen molar-refractivity contribution >= 4 is 34.4 Å². The SMILES string of the molecule is O=C1C=c2ccc3cccnc3c2=NC1Cl. The summed E-state index contributed by atoms with van der Waals surface area (Å²) in [6, 6.07) is 7.61. The van der Waals surface area contributed by atoms with Crippen molar-refractivity contribution in [1.82, 2.24) is 4.98 Å². The zero-order valence-electron chi connectivity index (χ0n) is 8.22. The summed E-state index contributed by atoms with van der Waals surface area (Å²) in [5.74, 6) is -0.176. The summed E-state index contributed by atoms with van der Waals surface area (Å²) in [6.45, 7) is 0. The van der Waals surface area contributed by atoms with E-state index in [0.29, 0.717) is 5.36 Å². The minimum absolute atomic E-state index is 0.176. The lowest BCUT2D eigenvalue weighted by Crippen LogP contribution is -2.35. The minimum atomic E-state index is -0.819. The lowest BCUT2D eigenvalue weighted by Gasteiger charge is -2.06. The molecule has 1 aliphatic heterocycles.